The molecule has 1 N–H and O–H groups in total. The van der Waals surface area contributed by atoms with Crippen molar-refractivity contribution in [3.05, 3.63) is 69.0 Å². The molecule has 1 aliphatic heterocycles. The van der Waals surface area contributed by atoms with Gasteiger partial charge in [-0.25, -0.2) is 0 Å². The summed E-state index contributed by atoms with van der Waals surface area (Å²) in [6.45, 7) is 0.0642. The summed E-state index contributed by atoms with van der Waals surface area (Å²) < 4.78 is 0. The van der Waals surface area contributed by atoms with Crippen LogP contribution >= 0.6 is 35.0 Å². The van der Waals surface area contributed by atoms with Gasteiger partial charge in [-0.15, -0.1) is 0 Å². The summed E-state index contributed by atoms with van der Waals surface area (Å²) in [6, 6.07) is 14.4. The molecule has 0 bridgehead atoms. The summed E-state index contributed by atoms with van der Waals surface area (Å²) in [5, 5.41) is 3.54. The highest BCUT2D eigenvalue weighted by Crippen LogP contribution is 2.32. The van der Waals surface area contributed by atoms with Crippen LogP contribution in [0.15, 0.2) is 53.4 Å². The third-order valence-corrected chi connectivity index (χ3v) is 4.98. The van der Waals surface area contributed by atoms with Crippen molar-refractivity contribution in [1.29, 1.82) is 0 Å². The van der Waals surface area contributed by atoms with Crippen LogP contribution in [0.4, 0.5) is 10.5 Å². The van der Waals surface area contributed by atoms with E-state index in [1.54, 1.807) is 24.3 Å². The minimum absolute atomic E-state index is 0.0642. The maximum Gasteiger partial charge on any atom is 0.295 e. The third kappa shape index (κ3) is 3.75. The number of nitrogens with one attached hydrogen (secondary N) is 1. The van der Waals surface area contributed by atoms with Crippen molar-refractivity contribution in [1.82, 2.24) is 4.90 Å². The lowest BCUT2D eigenvalue weighted by molar-refractivity contribution is -0.122. The van der Waals surface area contributed by atoms with Crippen LogP contribution in [0.25, 0.3) is 6.08 Å². The highest BCUT2D eigenvalue weighted by Gasteiger charge is 2.34. The zero-order valence-corrected chi connectivity index (χ0v) is 14.7. The highest BCUT2D eigenvalue weighted by atomic mass is 35.5. The van der Waals surface area contributed by atoms with Gasteiger partial charge in [-0.3, -0.25) is 14.5 Å². The second-order valence-electron chi connectivity index (χ2n) is 4.98. The Morgan fingerprint density at radius 1 is 1.04 bits per heavy atom. The Morgan fingerprint density at radius 3 is 2.50 bits per heavy atom. The molecule has 122 valence electrons. The van der Waals surface area contributed by atoms with Crippen molar-refractivity contribution in [3.8, 4) is 0 Å². The predicted octanol–water partition coefficient (Wildman–Crippen LogP) is 5.10. The monoisotopic (exact) mass is 378 g/mol. The number of thioether (sulfide) groups is 1. The number of halogens is 2. The molecule has 2 aromatic carbocycles. The molecule has 4 nitrogen and oxygen atoms in total. The molecule has 0 aromatic heterocycles. The lowest BCUT2D eigenvalue weighted by Crippen LogP contribution is -2.33. The van der Waals surface area contributed by atoms with Gasteiger partial charge in [-0.05, 0) is 41.6 Å². The van der Waals surface area contributed by atoms with Crippen molar-refractivity contribution in [3.63, 3.8) is 0 Å². The van der Waals surface area contributed by atoms with Gasteiger partial charge < -0.3 is 5.32 Å². The first-order chi connectivity index (χ1) is 11.5. The number of hydrogen-bond donors (Lipinski definition) is 1. The fourth-order valence-corrected chi connectivity index (χ4v) is 3.25. The van der Waals surface area contributed by atoms with Crippen LogP contribution in [-0.2, 0) is 4.79 Å². The molecule has 1 heterocycles. The summed E-state index contributed by atoms with van der Waals surface area (Å²) in [5.74, 6) is -0.318. The predicted molar refractivity (Wildman–Crippen MR) is 99.2 cm³/mol. The van der Waals surface area contributed by atoms with E-state index < -0.39 is 0 Å². The lowest BCUT2D eigenvalue weighted by Gasteiger charge is -2.14. The normalized spacial score (nSPS) is 16.1. The first-order valence-corrected chi connectivity index (χ1v) is 8.61. The fourth-order valence-electron chi connectivity index (χ4n) is 2.11. The van der Waals surface area contributed by atoms with Gasteiger partial charge in [0.2, 0.25) is 0 Å². The molecule has 0 saturated carbocycles. The van der Waals surface area contributed by atoms with E-state index in [0.717, 1.165) is 22.2 Å². The number of carbonyl (C=O) groups excluding carboxylic acids is 2. The average molecular weight is 379 g/mol. The molecule has 7 heteroatoms. The number of benzene rings is 2. The zero-order chi connectivity index (χ0) is 17.1. The molecular formula is C17H12Cl2N2O2S. The zero-order valence-electron chi connectivity index (χ0n) is 12.3. The number of anilines is 1. The Balaban J connectivity index is 1.70. The fraction of sp³-hybridized carbons (Fsp3) is 0.0588. The summed E-state index contributed by atoms with van der Waals surface area (Å²) >= 11 is 12.7. The first kappa shape index (κ1) is 16.9. The number of rotatable bonds is 4. The van der Waals surface area contributed by atoms with Gasteiger partial charge in [0.15, 0.2) is 0 Å². The highest BCUT2D eigenvalue weighted by molar-refractivity contribution is 8.18. The second kappa shape index (κ2) is 7.30. The molecular weight excluding hydrogens is 367 g/mol. The quantitative estimate of drug-likeness (QED) is 0.751. The van der Waals surface area contributed by atoms with E-state index in [-0.39, 0.29) is 17.8 Å². The topological polar surface area (TPSA) is 49.4 Å². The molecule has 0 atom stereocenters. The number of hydrogen-bond acceptors (Lipinski definition) is 4. The number of amides is 2. The molecule has 0 spiro atoms. The van der Waals surface area contributed by atoms with E-state index in [0.29, 0.717) is 20.6 Å². The lowest BCUT2D eigenvalue weighted by atomic mass is 10.2. The molecule has 3 rings (SSSR count). The molecule has 0 unspecified atom stereocenters. The minimum atomic E-state index is -0.318. The molecule has 1 fully saturated rings. The molecule has 0 aliphatic carbocycles. The van der Waals surface area contributed by atoms with Gasteiger partial charge in [0.25, 0.3) is 11.1 Å². The van der Waals surface area contributed by atoms with Crippen LogP contribution in [0.1, 0.15) is 5.56 Å². The van der Waals surface area contributed by atoms with Gasteiger partial charge in [-0.1, -0.05) is 53.5 Å². The van der Waals surface area contributed by atoms with E-state index in [2.05, 4.69) is 5.32 Å². The van der Waals surface area contributed by atoms with E-state index in [1.165, 1.54) is 0 Å². The van der Waals surface area contributed by atoms with Crippen molar-refractivity contribution in [2.75, 3.05) is 12.0 Å². The first-order valence-electron chi connectivity index (χ1n) is 7.04. The third-order valence-electron chi connectivity index (χ3n) is 3.33. The molecule has 24 heavy (non-hydrogen) atoms. The van der Waals surface area contributed by atoms with Crippen LogP contribution in [0.5, 0.6) is 0 Å². The van der Waals surface area contributed by atoms with Gasteiger partial charge in [-0.2, -0.15) is 0 Å². The Morgan fingerprint density at radius 2 is 1.79 bits per heavy atom. The van der Waals surface area contributed by atoms with Crippen molar-refractivity contribution >= 4 is 57.9 Å². The Kier molecular flexibility index (Phi) is 5.14. The van der Waals surface area contributed by atoms with E-state index in [4.69, 9.17) is 23.2 Å². The summed E-state index contributed by atoms with van der Waals surface area (Å²) in [7, 11) is 0. The van der Waals surface area contributed by atoms with E-state index in [9.17, 15) is 9.59 Å². The number of nitrogens with zero attached hydrogens (tertiary/aromatic N) is 1. The summed E-state index contributed by atoms with van der Waals surface area (Å²) in [6.07, 6.45) is 1.71. The Bertz CT molecular complexity index is 825. The van der Waals surface area contributed by atoms with Crippen molar-refractivity contribution in [2.24, 2.45) is 0 Å². The van der Waals surface area contributed by atoms with Crippen LogP contribution < -0.4 is 5.32 Å². The number of carbonyl (C=O) groups is 2. The summed E-state index contributed by atoms with van der Waals surface area (Å²) in [5.41, 5.74) is 1.55. The largest absolute Gasteiger partial charge is 0.367 e. The SMILES string of the molecule is O=C1S/C(=C/c2ccccc2)C(=O)N1CNc1ccc(Cl)c(Cl)c1. The van der Waals surface area contributed by atoms with E-state index in [1.807, 2.05) is 30.3 Å². The van der Waals surface area contributed by atoms with Crippen LogP contribution in [-0.4, -0.2) is 22.7 Å². The molecule has 2 amide bonds. The average Bonchev–Trinajstić information content (AvgIpc) is 2.83. The van der Waals surface area contributed by atoms with Gasteiger partial charge in [0.1, 0.15) is 0 Å². The smallest absolute Gasteiger partial charge is 0.295 e. The minimum Gasteiger partial charge on any atom is -0.367 e. The van der Waals surface area contributed by atoms with Gasteiger partial charge in [0.05, 0.1) is 21.6 Å². The maximum absolute atomic E-state index is 12.4. The van der Waals surface area contributed by atoms with Crippen LogP contribution in [0.3, 0.4) is 0 Å². The van der Waals surface area contributed by atoms with Crippen LogP contribution in [0.2, 0.25) is 10.0 Å². The molecule has 2 aromatic rings. The van der Waals surface area contributed by atoms with Crippen molar-refractivity contribution in [2.45, 2.75) is 0 Å². The molecule has 0 radical (unpaired) electrons. The van der Waals surface area contributed by atoms with Crippen LogP contribution in [0, 0.1) is 0 Å². The van der Waals surface area contributed by atoms with Gasteiger partial charge in [0, 0.05) is 5.69 Å². The number of imide groups is 1. The van der Waals surface area contributed by atoms with Gasteiger partial charge >= 0.3 is 0 Å². The summed E-state index contributed by atoms with van der Waals surface area (Å²) in [4.78, 5) is 26.0. The standard InChI is InChI=1S/C17H12Cl2N2O2S/c18-13-7-6-12(9-14(13)19)20-10-21-16(22)15(24-17(21)23)8-11-4-2-1-3-5-11/h1-9,20H,10H2/b15-8+. The van der Waals surface area contributed by atoms with E-state index >= 15 is 0 Å². The molecule has 1 saturated heterocycles. The maximum atomic E-state index is 12.4. The Hall–Kier alpha value is -1.95. The van der Waals surface area contributed by atoms with Crippen molar-refractivity contribution < 1.29 is 9.59 Å². The molecule has 1 aliphatic rings. The second-order valence-corrected chi connectivity index (χ2v) is 6.79. The Labute approximate surface area is 153 Å².